The summed E-state index contributed by atoms with van der Waals surface area (Å²) >= 11 is 0. The van der Waals surface area contributed by atoms with Gasteiger partial charge < -0.3 is 5.11 Å². The number of nitrogens with zero attached hydrogens (tertiary/aromatic N) is 1. The predicted molar refractivity (Wildman–Crippen MR) is 46.0 cm³/mol. The van der Waals surface area contributed by atoms with Crippen molar-refractivity contribution < 1.29 is 9.90 Å². The largest absolute Gasteiger partial charge is 0.465 e. The predicted octanol–water partition coefficient (Wildman–Crippen LogP) is 1.01. The molecule has 3 rings (SSSR count). The van der Waals surface area contributed by atoms with E-state index < -0.39 is 6.09 Å². The minimum absolute atomic E-state index is 0.133. The Morgan fingerprint density at radius 1 is 1.38 bits per heavy atom. The van der Waals surface area contributed by atoms with Gasteiger partial charge in [-0.25, -0.2) is 4.79 Å². The minimum atomic E-state index is -0.833. The summed E-state index contributed by atoms with van der Waals surface area (Å²) < 4.78 is 0. The molecule has 5 unspecified atom stereocenters. The number of piperidine rings is 1. The van der Waals surface area contributed by atoms with E-state index in [9.17, 15) is 4.79 Å². The highest BCUT2D eigenvalue weighted by Gasteiger charge is 2.65. The molecule has 1 N–H and O–H groups in total. The lowest BCUT2D eigenvalue weighted by atomic mass is 9.97. The van der Waals surface area contributed by atoms with E-state index in [1.54, 1.807) is 0 Å². The Bertz CT molecular complexity index is 319. The van der Waals surface area contributed by atoms with Crippen LogP contribution in [0.4, 0.5) is 4.79 Å². The van der Waals surface area contributed by atoms with E-state index in [1.165, 1.54) is 11.3 Å². The highest BCUT2D eigenvalue weighted by molar-refractivity contribution is 5.68. The number of terminal acetylenes is 1. The van der Waals surface area contributed by atoms with Crippen LogP contribution in [0.1, 0.15) is 12.8 Å². The third kappa shape index (κ3) is 0.696. The van der Waals surface area contributed by atoms with Crippen molar-refractivity contribution in [2.75, 3.05) is 0 Å². The van der Waals surface area contributed by atoms with Gasteiger partial charge in [0.15, 0.2) is 0 Å². The maximum atomic E-state index is 11.0. The number of likely N-dealkylation sites (tertiary alicyclic amines) is 1. The topological polar surface area (TPSA) is 40.5 Å². The summed E-state index contributed by atoms with van der Waals surface area (Å²) in [6, 6.07) is 0.111. The summed E-state index contributed by atoms with van der Waals surface area (Å²) in [7, 11) is 0. The highest BCUT2D eigenvalue weighted by atomic mass is 16.4. The first-order chi connectivity index (χ1) is 6.24. The van der Waals surface area contributed by atoms with Crippen molar-refractivity contribution in [2.45, 2.75) is 24.9 Å². The number of hydrogen-bond acceptors (Lipinski definition) is 1. The van der Waals surface area contributed by atoms with Crippen LogP contribution in [0.2, 0.25) is 0 Å². The van der Waals surface area contributed by atoms with Crippen LogP contribution in [0.5, 0.6) is 0 Å². The molecule has 2 bridgehead atoms. The van der Waals surface area contributed by atoms with Crippen LogP contribution >= 0.6 is 0 Å². The van der Waals surface area contributed by atoms with E-state index in [0.29, 0.717) is 11.8 Å². The van der Waals surface area contributed by atoms with Gasteiger partial charge in [-0.3, -0.25) is 4.90 Å². The second-order valence-corrected chi connectivity index (χ2v) is 4.33. The number of rotatable bonds is 0. The van der Waals surface area contributed by atoms with Crippen LogP contribution in [-0.2, 0) is 0 Å². The van der Waals surface area contributed by atoms with Gasteiger partial charge in [-0.15, -0.1) is 6.42 Å². The van der Waals surface area contributed by atoms with Gasteiger partial charge in [-0.2, -0.15) is 0 Å². The molecule has 1 amide bonds. The molecule has 0 radical (unpaired) electrons. The van der Waals surface area contributed by atoms with Gasteiger partial charge in [0.1, 0.15) is 0 Å². The lowest BCUT2D eigenvalue weighted by Crippen LogP contribution is -2.44. The maximum Gasteiger partial charge on any atom is 0.408 e. The molecule has 0 aromatic rings. The Hall–Kier alpha value is -1.17. The van der Waals surface area contributed by atoms with Crippen molar-refractivity contribution in [1.29, 1.82) is 0 Å². The van der Waals surface area contributed by atoms with Crippen molar-refractivity contribution >= 4 is 6.09 Å². The molecule has 0 aromatic carbocycles. The number of carboxylic acid groups (broad SMARTS) is 1. The minimum Gasteiger partial charge on any atom is -0.465 e. The average molecular weight is 177 g/mol. The summed E-state index contributed by atoms with van der Waals surface area (Å²) in [6.07, 6.45) is 6.76. The van der Waals surface area contributed by atoms with Crippen LogP contribution < -0.4 is 0 Å². The molecule has 1 saturated heterocycles. The number of amides is 1. The van der Waals surface area contributed by atoms with E-state index in [-0.39, 0.29) is 12.1 Å². The number of hydrogen-bond donors (Lipinski definition) is 1. The van der Waals surface area contributed by atoms with E-state index in [0.717, 1.165) is 12.3 Å². The van der Waals surface area contributed by atoms with Crippen LogP contribution in [0, 0.1) is 30.1 Å². The van der Waals surface area contributed by atoms with Gasteiger partial charge in [0.25, 0.3) is 0 Å². The van der Waals surface area contributed by atoms with Crippen molar-refractivity contribution in [2.24, 2.45) is 17.8 Å². The Morgan fingerprint density at radius 3 is 2.77 bits per heavy atom. The third-order valence-corrected chi connectivity index (χ3v) is 3.90. The fourth-order valence-electron chi connectivity index (χ4n) is 3.36. The number of carbonyl (C=O) groups is 1. The SMILES string of the molecule is C#CC1C2CC(C3CC23)N1C(=O)O. The van der Waals surface area contributed by atoms with Gasteiger partial charge >= 0.3 is 6.09 Å². The molecule has 0 aromatic heterocycles. The molecule has 68 valence electrons. The Balaban J connectivity index is 1.96. The van der Waals surface area contributed by atoms with Gasteiger partial charge in [0.05, 0.1) is 6.04 Å². The fourth-order valence-corrected chi connectivity index (χ4v) is 3.36. The Kier molecular flexibility index (Phi) is 1.12. The average Bonchev–Trinajstić information content (AvgIpc) is 2.72. The Morgan fingerprint density at radius 2 is 2.15 bits per heavy atom. The lowest BCUT2D eigenvalue weighted by Gasteiger charge is -2.29. The van der Waals surface area contributed by atoms with E-state index in [1.807, 2.05) is 0 Å². The lowest BCUT2D eigenvalue weighted by molar-refractivity contribution is 0.114. The summed E-state index contributed by atoms with van der Waals surface area (Å²) in [4.78, 5) is 12.5. The van der Waals surface area contributed by atoms with Crippen molar-refractivity contribution in [1.82, 2.24) is 4.90 Å². The zero-order valence-corrected chi connectivity index (χ0v) is 7.18. The molecule has 1 heterocycles. The van der Waals surface area contributed by atoms with Crippen molar-refractivity contribution in [3.63, 3.8) is 0 Å². The van der Waals surface area contributed by atoms with Gasteiger partial charge in [0.2, 0.25) is 0 Å². The smallest absolute Gasteiger partial charge is 0.408 e. The molecule has 5 atom stereocenters. The van der Waals surface area contributed by atoms with E-state index in [4.69, 9.17) is 11.5 Å². The quantitative estimate of drug-likeness (QED) is 0.561. The molecule has 2 saturated carbocycles. The molecular weight excluding hydrogens is 166 g/mol. The Labute approximate surface area is 76.7 Å². The zero-order valence-electron chi connectivity index (χ0n) is 7.18. The molecule has 3 fully saturated rings. The van der Waals surface area contributed by atoms with Crippen LogP contribution in [0.15, 0.2) is 0 Å². The fraction of sp³-hybridized carbons (Fsp3) is 0.700. The molecule has 1 aliphatic heterocycles. The van der Waals surface area contributed by atoms with Gasteiger partial charge in [-0.05, 0) is 30.6 Å². The molecule has 2 aliphatic carbocycles. The molecule has 13 heavy (non-hydrogen) atoms. The molecule has 3 heteroatoms. The molecule has 3 nitrogen and oxygen atoms in total. The zero-order chi connectivity index (χ0) is 9.16. The number of fused-ring (bicyclic) bond motifs is 5. The maximum absolute atomic E-state index is 11.0. The molecule has 0 spiro atoms. The van der Waals surface area contributed by atoms with Gasteiger partial charge in [-0.1, -0.05) is 5.92 Å². The van der Waals surface area contributed by atoms with Crippen molar-refractivity contribution in [3.8, 4) is 12.3 Å². The van der Waals surface area contributed by atoms with Crippen LogP contribution in [0.3, 0.4) is 0 Å². The molecule has 3 aliphatic rings. The first-order valence-electron chi connectivity index (χ1n) is 4.71. The van der Waals surface area contributed by atoms with Crippen LogP contribution in [0.25, 0.3) is 0 Å². The summed E-state index contributed by atoms with van der Waals surface area (Å²) in [6.45, 7) is 0. The van der Waals surface area contributed by atoms with Crippen molar-refractivity contribution in [3.05, 3.63) is 0 Å². The summed E-state index contributed by atoms with van der Waals surface area (Å²) in [5.41, 5.74) is 0. The molecular formula is C10H11NO2. The standard InChI is InChI=1S/C10H11NO2/c1-2-8-7-4-9(6-3-5(6)7)11(8)10(12)13/h1,5-9H,3-4H2,(H,12,13). The third-order valence-electron chi connectivity index (χ3n) is 3.90. The highest BCUT2D eigenvalue weighted by Crippen LogP contribution is 2.63. The summed E-state index contributed by atoms with van der Waals surface area (Å²) in [5, 5.41) is 9.00. The van der Waals surface area contributed by atoms with Crippen LogP contribution in [-0.4, -0.2) is 28.2 Å². The van der Waals surface area contributed by atoms with Gasteiger partial charge in [0, 0.05) is 6.04 Å². The monoisotopic (exact) mass is 177 g/mol. The second kappa shape index (κ2) is 2.01. The van der Waals surface area contributed by atoms with E-state index >= 15 is 0 Å². The normalized spacial score (nSPS) is 50.1. The first-order valence-corrected chi connectivity index (χ1v) is 4.71. The van der Waals surface area contributed by atoms with E-state index in [2.05, 4.69) is 5.92 Å². The summed E-state index contributed by atoms with van der Waals surface area (Å²) in [5.74, 6) is 4.49. The second-order valence-electron chi connectivity index (χ2n) is 4.33. The first kappa shape index (κ1) is 7.25.